The van der Waals surface area contributed by atoms with Crippen LogP contribution in [0.1, 0.15) is 43.9 Å². The molecule has 0 saturated carbocycles. The Morgan fingerprint density at radius 3 is 2.08 bits per heavy atom. The van der Waals surface area contributed by atoms with Gasteiger partial charge in [0.2, 0.25) is 11.8 Å². The third-order valence-corrected chi connectivity index (χ3v) is 10.2. The van der Waals surface area contributed by atoms with Crippen LogP contribution in [0.3, 0.4) is 0 Å². The average Bonchev–Trinajstić information content (AvgIpc) is 3.13. The molecule has 0 aromatic heterocycles. The van der Waals surface area contributed by atoms with Gasteiger partial charge in [-0.15, -0.1) is 0 Å². The van der Waals surface area contributed by atoms with Gasteiger partial charge in [0.1, 0.15) is 18.3 Å². The molecule has 0 aliphatic rings. The molecule has 10 nitrogen and oxygen atoms in total. The van der Waals surface area contributed by atoms with E-state index in [-0.39, 0.29) is 41.2 Å². The summed E-state index contributed by atoms with van der Waals surface area (Å²) in [4.78, 5) is 30.2. The lowest BCUT2D eigenvalue weighted by Crippen LogP contribution is -2.54. The van der Waals surface area contributed by atoms with E-state index in [9.17, 15) is 18.0 Å². The minimum absolute atomic E-state index is 0.0814. The molecule has 0 aliphatic carbocycles. The molecular formula is C39H47N3O7S. The molecule has 266 valence electrons. The molecule has 0 heterocycles. The predicted octanol–water partition coefficient (Wildman–Crippen LogP) is 6.16. The van der Waals surface area contributed by atoms with Crippen molar-refractivity contribution in [2.45, 2.75) is 64.1 Å². The van der Waals surface area contributed by atoms with Crippen molar-refractivity contribution < 1.29 is 32.2 Å². The van der Waals surface area contributed by atoms with E-state index < -0.39 is 28.5 Å². The van der Waals surface area contributed by atoms with Crippen molar-refractivity contribution in [3.63, 3.8) is 0 Å². The number of benzene rings is 4. The van der Waals surface area contributed by atoms with Crippen LogP contribution < -0.4 is 23.8 Å². The molecule has 11 heteroatoms. The number of rotatable bonds is 17. The number of sulfonamides is 1. The lowest BCUT2D eigenvalue weighted by Gasteiger charge is -2.34. The number of carbonyl (C=O) groups is 2. The Morgan fingerprint density at radius 1 is 0.820 bits per heavy atom. The van der Waals surface area contributed by atoms with E-state index in [2.05, 4.69) is 5.32 Å². The molecule has 4 aromatic rings. The Hall–Kier alpha value is -5.03. The molecule has 0 unspecified atom stereocenters. The van der Waals surface area contributed by atoms with E-state index in [0.29, 0.717) is 24.5 Å². The van der Waals surface area contributed by atoms with Gasteiger partial charge < -0.3 is 24.4 Å². The van der Waals surface area contributed by atoms with E-state index in [4.69, 9.17) is 14.2 Å². The van der Waals surface area contributed by atoms with Crippen LogP contribution in [0.2, 0.25) is 0 Å². The minimum atomic E-state index is -4.36. The first-order valence-corrected chi connectivity index (χ1v) is 18.1. The van der Waals surface area contributed by atoms with Gasteiger partial charge in [0.15, 0.2) is 11.5 Å². The largest absolute Gasteiger partial charge is 0.494 e. The highest BCUT2D eigenvalue weighted by Crippen LogP contribution is 2.33. The normalized spacial score (nSPS) is 12.4. The van der Waals surface area contributed by atoms with Crippen LogP contribution in [-0.4, -0.2) is 64.6 Å². The molecule has 0 radical (unpaired) electrons. The highest BCUT2D eigenvalue weighted by molar-refractivity contribution is 7.92. The standard InChI is InChI=1S/C39H47N3O7S/c1-7-29(4)40-39(44)35(24-30-12-10-9-11-13-30)41(26-31-16-14-28(3)15-17-31)38(43)27-42(32-18-20-33(21-19-32)49-8-2)50(45,46)34-22-23-36(47-5)37(25-34)48-6/h9-23,25,29,35H,7-8,24,26-27H2,1-6H3,(H,40,44)/t29-,35-/m0/s1. The predicted molar refractivity (Wildman–Crippen MR) is 195 cm³/mol. The van der Waals surface area contributed by atoms with Crippen molar-refractivity contribution in [3.8, 4) is 17.2 Å². The summed E-state index contributed by atoms with van der Waals surface area (Å²) >= 11 is 0. The molecule has 0 fully saturated rings. The van der Waals surface area contributed by atoms with Crippen LogP contribution >= 0.6 is 0 Å². The number of aryl methyl sites for hydroxylation is 1. The highest BCUT2D eigenvalue weighted by atomic mass is 32.2. The van der Waals surface area contributed by atoms with Crippen LogP contribution in [0.25, 0.3) is 0 Å². The number of amides is 2. The number of carbonyl (C=O) groups excluding carboxylic acids is 2. The summed E-state index contributed by atoms with van der Waals surface area (Å²) in [5, 5.41) is 3.06. The summed E-state index contributed by atoms with van der Waals surface area (Å²) in [5.74, 6) is 0.257. The second-order valence-electron chi connectivity index (χ2n) is 12.0. The van der Waals surface area contributed by atoms with Gasteiger partial charge in [0, 0.05) is 25.1 Å². The van der Waals surface area contributed by atoms with E-state index in [1.54, 1.807) is 24.3 Å². The molecule has 0 saturated heterocycles. The molecule has 2 atom stereocenters. The molecule has 0 spiro atoms. The van der Waals surface area contributed by atoms with Gasteiger partial charge in [-0.05, 0) is 74.7 Å². The summed E-state index contributed by atoms with van der Waals surface area (Å²) in [7, 11) is -1.48. The Labute approximate surface area is 296 Å². The third-order valence-electron chi connectivity index (χ3n) is 8.40. The quantitative estimate of drug-likeness (QED) is 0.140. The van der Waals surface area contributed by atoms with E-state index in [1.807, 2.05) is 82.3 Å². The zero-order chi connectivity index (χ0) is 36.3. The monoisotopic (exact) mass is 701 g/mol. The first-order valence-electron chi connectivity index (χ1n) is 16.7. The van der Waals surface area contributed by atoms with Gasteiger partial charge >= 0.3 is 0 Å². The molecule has 4 rings (SSSR count). The molecule has 0 aliphatic heterocycles. The van der Waals surface area contributed by atoms with E-state index in [0.717, 1.165) is 21.0 Å². The number of anilines is 1. The first kappa shape index (κ1) is 37.8. The molecular weight excluding hydrogens is 655 g/mol. The van der Waals surface area contributed by atoms with Crippen LogP contribution in [0.15, 0.2) is 102 Å². The molecule has 4 aromatic carbocycles. The summed E-state index contributed by atoms with van der Waals surface area (Å²) in [6.45, 7) is 7.63. The van der Waals surface area contributed by atoms with Crippen LogP contribution in [0.5, 0.6) is 17.2 Å². The average molecular weight is 702 g/mol. The van der Waals surface area contributed by atoms with E-state index in [1.165, 1.54) is 37.3 Å². The Morgan fingerprint density at radius 2 is 1.48 bits per heavy atom. The summed E-state index contributed by atoms with van der Waals surface area (Å²) in [6.07, 6.45) is 0.928. The SMILES string of the molecule is CCOc1ccc(N(CC(=O)N(Cc2ccc(C)cc2)[C@@H](Cc2ccccc2)C(=O)N[C@@H](C)CC)S(=O)(=O)c2ccc(OC)c(OC)c2)cc1. The van der Waals surface area contributed by atoms with Crippen LogP contribution in [-0.2, 0) is 32.6 Å². The maximum Gasteiger partial charge on any atom is 0.264 e. The van der Waals surface area contributed by atoms with E-state index >= 15 is 0 Å². The van der Waals surface area contributed by atoms with Crippen LogP contribution in [0, 0.1) is 6.92 Å². The number of hydrogen-bond donors (Lipinski definition) is 1. The van der Waals surface area contributed by atoms with Gasteiger partial charge in [0.05, 0.1) is 31.4 Å². The topological polar surface area (TPSA) is 114 Å². The Bertz CT molecular complexity index is 1820. The number of methoxy groups -OCH3 is 2. The fourth-order valence-electron chi connectivity index (χ4n) is 5.39. The molecule has 0 bridgehead atoms. The van der Waals surface area contributed by atoms with Crippen molar-refractivity contribution in [2.24, 2.45) is 0 Å². The lowest BCUT2D eigenvalue weighted by atomic mass is 10.0. The summed E-state index contributed by atoms with van der Waals surface area (Å²) in [6, 6.07) is 26.9. The van der Waals surface area contributed by atoms with Gasteiger partial charge in [-0.1, -0.05) is 67.1 Å². The molecule has 1 N–H and O–H groups in total. The third kappa shape index (κ3) is 9.56. The smallest absolute Gasteiger partial charge is 0.264 e. The van der Waals surface area contributed by atoms with Gasteiger partial charge in [0.25, 0.3) is 10.0 Å². The van der Waals surface area contributed by atoms with Gasteiger partial charge in [-0.2, -0.15) is 0 Å². The fraction of sp³-hybridized carbons (Fsp3) is 0.333. The minimum Gasteiger partial charge on any atom is -0.494 e. The maximum absolute atomic E-state index is 14.7. The molecule has 50 heavy (non-hydrogen) atoms. The second-order valence-corrected chi connectivity index (χ2v) is 13.8. The zero-order valence-electron chi connectivity index (χ0n) is 29.6. The Balaban J connectivity index is 1.83. The van der Waals surface area contributed by atoms with Crippen molar-refractivity contribution in [2.75, 3.05) is 31.7 Å². The van der Waals surface area contributed by atoms with Crippen molar-refractivity contribution in [3.05, 3.63) is 114 Å². The fourth-order valence-corrected chi connectivity index (χ4v) is 6.82. The van der Waals surface area contributed by atoms with Crippen molar-refractivity contribution in [1.82, 2.24) is 10.2 Å². The summed E-state index contributed by atoms with van der Waals surface area (Å²) in [5.41, 5.74) is 2.95. The van der Waals surface area contributed by atoms with Gasteiger partial charge in [-0.3, -0.25) is 13.9 Å². The van der Waals surface area contributed by atoms with Gasteiger partial charge in [-0.25, -0.2) is 8.42 Å². The van der Waals surface area contributed by atoms with Crippen LogP contribution in [0.4, 0.5) is 5.69 Å². The van der Waals surface area contributed by atoms with Crippen molar-refractivity contribution >= 4 is 27.5 Å². The lowest BCUT2D eigenvalue weighted by molar-refractivity contribution is -0.140. The molecule has 2 amide bonds. The maximum atomic E-state index is 14.7. The summed E-state index contributed by atoms with van der Waals surface area (Å²) < 4.78 is 46.4. The number of ether oxygens (including phenoxy) is 3. The number of nitrogens with zero attached hydrogens (tertiary/aromatic N) is 2. The second kappa shape index (κ2) is 17.6. The highest BCUT2D eigenvalue weighted by Gasteiger charge is 2.35. The number of hydrogen-bond acceptors (Lipinski definition) is 7. The van der Waals surface area contributed by atoms with Crippen molar-refractivity contribution in [1.29, 1.82) is 0 Å². The first-order chi connectivity index (χ1) is 24.0. The number of nitrogens with one attached hydrogen (secondary N) is 1. The zero-order valence-corrected chi connectivity index (χ0v) is 30.4. The Kier molecular flexibility index (Phi) is 13.3.